The zero-order valence-corrected chi connectivity index (χ0v) is 11.6. The summed E-state index contributed by atoms with van der Waals surface area (Å²) in [6, 6.07) is 14.2. The van der Waals surface area contributed by atoms with E-state index in [2.05, 4.69) is 23.5 Å². The lowest BCUT2D eigenvalue weighted by atomic mass is 9.97. The highest BCUT2D eigenvalue weighted by molar-refractivity contribution is 5.88. The van der Waals surface area contributed by atoms with Crippen LogP contribution in [0, 0.1) is 0 Å². The molecule has 0 radical (unpaired) electrons. The predicted molar refractivity (Wildman–Crippen MR) is 79.9 cm³/mol. The van der Waals surface area contributed by atoms with Crippen molar-refractivity contribution in [3.05, 3.63) is 48.0 Å². The normalized spacial score (nSPS) is 15.6. The van der Waals surface area contributed by atoms with Crippen molar-refractivity contribution in [1.82, 2.24) is 5.32 Å². The van der Waals surface area contributed by atoms with Crippen LogP contribution in [0.2, 0.25) is 0 Å². The van der Waals surface area contributed by atoms with Crippen LogP contribution in [0.15, 0.2) is 42.5 Å². The first-order valence-corrected chi connectivity index (χ1v) is 7.12. The van der Waals surface area contributed by atoms with Crippen molar-refractivity contribution in [2.45, 2.75) is 31.2 Å². The quantitative estimate of drug-likeness (QED) is 0.886. The van der Waals surface area contributed by atoms with E-state index in [1.165, 1.54) is 0 Å². The Labute approximate surface area is 122 Å². The number of carbonyl (C=O) groups is 2. The van der Waals surface area contributed by atoms with Gasteiger partial charge in [0.25, 0.3) is 0 Å². The molecule has 0 saturated heterocycles. The molecule has 4 nitrogen and oxygen atoms in total. The molecule has 2 aromatic rings. The fourth-order valence-electron chi connectivity index (χ4n) is 2.78. The molecule has 0 aliphatic heterocycles. The van der Waals surface area contributed by atoms with E-state index in [1.807, 2.05) is 24.3 Å². The SMILES string of the molecule is O=C(O)CCC(=O)NC1(c2cccc3ccccc23)CC1. The van der Waals surface area contributed by atoms with Crippen molar-refractivity contribution in [2.75, 3.05) is 0 Å². The van der Waals surface area contributed by atoms with Gasteiger partial charge in [-0.05, 0) is 29.2 Å². The van der Waals surface area contributed by atoms with E-state index in [4.69, 9.17) is 5.11 Å². The molecule has 21 heavy (non-hydrogen) atoms. The van der Waals surface area contributed by atoms with Crippen LogP contribution in [-0.2, 0) is 15.1 Å². The molecule has 0 aromatic heterocycles. The summed E-state index contributed by atoms with van der Waals surface area (Å²) in [4.78, 5) is 22.5. The second-order valence-electron chi connectivity index (χ2n) is 5.55. The molecule has 1 amide bonds. The standard InChI is InChI=1S/C17H17NO3/c19-15(8-9-16(20)21)18-17(10-11-17)14-7-3-5-12-4-1-2-6-13(12)14/h1-7H,8-11H2,(H,18,19)(H,20,21). The van der Waals surface area contributed by atoms with Crippen LogP contribution in [-0.4, -0.2) is 17.0 Å². The molecular formula is C17H17NO3. The van der Waals surface area contributed by atoms with E-state index in [9.17, 15) is 9.59 Å². The molecule has 108 valence electrons. The Morgan fingerprint density at radius 2 is 1.76 bits per heavy atom. The van der Waals surface area contributed by atoms with Crippen LogP contribution in [0.4, 0.5) is 0 Å². The van der Waals surface area contributed by atoms with E-state index >= 15 is 0 Å². The van der Waals surface area contributed by atoms with Crippen molar-refractivity contribution >= 4 is 22.6 Å². The van der Waals surface area contributed by atoms with Crippen molar-refractivity contribution in [3.63, 3.8) is 0 Å². The Kier molecular flexibility index (Phi) is 3.37. The van der Waals surface area contributed by atoms with Gasteiger partial charge in [0.1, 0.15) is 0 Å². The third kappa shape index (κ3) is 2.75. The molecule has 4 heteroatoms. The van der Waals surface area contributed by atoms with Crippen molar-refractivity contribution in [1.29, 1.82) is 0 Å². The van der Waals surface area contributed by atoms with E-state index in [0.717, 1.165) is 29.2 Å². The average molecular weight is 283 g/mol. The Morgan fingerprint density at radius 1 is 1.05 bits per heavy atom. The second kappa shape index (κ2) is 5.20. The first-order valence-electron chi connectivity index (χ1n) is 7.12. The largest absolute Gasteiger partial charge is 0.481 e. The minimum absolute atomic E-state index is 0.0296. The highest BCUT2D eigenvalue weighted by Gasteiger charge is 2.46. The Bertz CT molecular complexity index is 699. The molecule has 1 saturated carbocycles. The van der Waals surface area contributed by atoms with Crippen LogP contribution in [0.25, 0.3) is 10.8 Å². The zero-order valence-electron chi connectivity index (χ0n) is 11.6. The number of carboxylic acid groups (broad SMARTS) is 1. The van der Waals surface area contributed by atoms with Crippen LogP contribution < -0.4 is 5.32 Å². The average Bonchev–Trinajstić information content (AvgIpc) is 3.25. The third-order valence-electron chi connectivity index (χ3n) is 4.00. The van der Waals surface area contributed by atoms with Gasteiger partial charge in [0, 0.05) is 6.42 Å². The lowest BCUT2D eigenvalue weighted by Crippen LogP contribution is -2.35. The summed E-state index contributed by atoms with van der Waals surface area (Å²) in [5, 5.41) is 14.0. The fourth-order valence-corrected chi connectivity index (χ4v) is 2.78. The monoisotopic (exact) mass is 283 g/mol. The van der Waals surface area contributed by atoms with Gasteiger partial charge in [-0.2, -0.15) is 0 Å². The first kappa shape index (κ1) is 13.6. The molecule has 1 aliphatic carbocycles. The molecule has 0 bridgehead atoms. The lowest BCUT2D eigenvalue weighted by Gasteiger charge is -2.20. The number of fused-ring (bicyclic) bond motifs is 1. The Hall–Kier alpha value is -2.36. The van der Waals surface area contributed by atoms with Crippen LogP contribution in [0.1, 0.15) is 31.2 Å². The third-order valence-corrected chi connectivity index (χ3v) is 4.00. The molecule has 0 heterocycles. The number of hydrogen-bond acceptors (Lipinski definition) is 2. The molecule has 1 aliphatic rings. The van der Waals surface area contributed by atoms with Crippen LogP contribution >= 0.6 is 0 Å². The smallest absolute Gasteiger partial charge is 0.303 e. The van der Waals surface area contributed by atoms with Gasteiger partial charge in [0.2, 0.25) is 5.91 Å². The number of nitrogens with one attached hydrogen (secondary N) is 1. The minimum atomic E-state index is -0.944. The van der Waals surface area contributed by atoms with E-state index in [0.29, 0.717) is 0 Å². The zero-order chi connectivity index (χ0) is 14.9. The van der Waals surface area contributed by atoms with Gasteiger partial charge in [0.15, 0.2) is 0 Å². The van der Waals surface area contributed by atoms with Crippen molar-refractivity contribution < 1.29 is 14.7 Å². The summed E-state index contributed by atoms with van der Waals surface area (Å²) in [5.74, 6) is -1.14. The number of carboxylic acids is 1. The van der Waals surface area contributed by atoms with E-state index < -0.39 is 5.97 Å². The molecule has 3 rings (SSSR count). The maximum absolute atomic E-state index is 11.9. The van der Waals surface area contributed by atoms with Crippen molar-refractivity contribution in [3.8, 4) is 0 Å². The van der Waals surface area contributed by atoms with Gasteiger partial charge in [-0.15, -0.1) is 0 Å². The maximum Gasteiger partial charge on any atom is 0.303 e. The molecule has 2 N–H and O–H groups in total. The Balaban J connectivity index is 1.84. The topological polar surface area (TPSA) is 66.4 Å². The van der Waals surface area contributed by atoms with Gasteiger partial charge in [-0.25, -0.2) is 0 Å². The first-order chi connectivity index (χ1) is 10.1. The molecule has 1 fully saturated rings. The number of benzene rings is 2. The highest BCUT2D eigenvalue weighted by atomic mass is 16.4. The summed E-state index contributed by atoms with van der Waals surface area (Å²) in [5.41, 5.74) is 0.820. The van der Waals surface area contributed by atoms with Crippen molar-refractivity contribution in [2.24, 2.45) is 0 Å². The molecule has 0 spiro atoms. The lowest BCUT2D eigenvalue weighted by molar-refractivity contribution is -0.139. The predicted octanol–water partition coefficient (Wildman–Crippen LogP) is 2.81. The van der Waals surface area contributed by atoms with Gasteiger partial charge >= 0.3 is 5.97 Å². The van der Waals surface area contributed by atoms with Crippen LogP contribution in [0.3, 0.4) is 0 Å². The minimum Gasteiger partial charge on any atom is -0.481 e. The number of hydrogen-bond donors (Lipinski definition) is 2. The number of amides is 1. The van der Waals surface area contributed by atoms with Gasteiger partial charge < -0.3 is 10.4 Å². The summed E-state index contributed by atoms with van der Waals surface area (Å²) >= 11 is 0. The fraction of sp³-hybridized carbons (Fsp3) is 0.294. The molecule has 2 aromatic carbocycles. The number of rotatable bonds is 5. The Morgan fingerprint density at radius 3 is 2.48 bits per heavy atom. The van der Waals surface area contributed by atoms with Gasteiger partial charge in [-0.1, -0.05) is 42.5 Å². The molecule has 0 unspecified atom stereocenters. The summed E-state index contributed by atoms with van der Waals surface area (Å²) in [7, 11) is 0. The van der Waals surface area contributed by atoms with Crippen LogP contribution in [0.5, 0.6) is 0 Å². The molecular weight excluding hydrogens is 266 g/mol. The van der Waals surface area contributed by atoms with Gasteiger partial charge in [0.05, 0.1) is 12.0 Å². The summed E-state index contributed by atoms with van der Waals surface area (Å²) < 4.78 is 0. The number of aliphatic carboxylic acids is 1. The highest BCUT2D eigenvalue weighted by Crippen LogP contribution is 2.47. The molecule has 0 atom stereocenters. The summed E-state index contributed by atoms with van der Waals surface area (Å²) in [6.45, 7) is 0. The summed E-state index contributed by atoms with van der Waals surface area (Å²) in [6.07, 6.45) is 1.71. The maximum atomic E-state index is 11.9. The van der Waals surface area contributed by atoms with E-state index in [1.54, 1.807) is 0 Å². The number of carbonyl (C=O) groups excluding carboxylic acids is 1. The van der Waals surface area contributed by atoms with Gasteiger partial charge in [-0.3, -0.25) is 9.59 Å². The second-order valence-corrected chi connectivity index (χ2v) is 5.55. The van der Waals surface area contributed by atoms with E-state index in [-0.39, 0.29) is 24.3 Å².